The van der Waals surface area contributed by atoms with Crippen LogP contribution in [0.5, 0.6) is 0 Å². The van der Waals surface area contributed by atoms with E-state index in [9.17, 15) is 4.79 Å². The number of rotatable bonds is 5. The molecule has 2 heterocycles. The van der Waals surface area contributed by atoms with E-state index in [-0.39, 0.29) is 12.3 Å². The fourth-order valence-corrected chi connectivity index (χ4v) is 1.37. The van der Waals surface area contributed by atoms with E-state index in [1.807, 2.05) is 0 Å². The van der Waals surface area contributed by atoms with Gasteiger partial charge in [-0.3, -0.25) is 4.79 Å². The molecule has 0 unspecified atom stereocenters. The molecule has 2 aromatic heterocycles. The Bertz CT molecular complexity index is 461. The quantitative estimate of drug-likeness (QED) is 0.774. The number of aromatic nitrogens is 3. The maximum absolute atomic E-state index is 11.6. The second kappa shape index (κ2) is 4.71. The first-order chi connectivity index (χ1) is 7.78. The lowest BCUT2D eigenvalue weighted by Crippen LogP contribution is -2.12. The highest BCUT2D eigenvalue weighted by atomic mass is 16.3. The summed E-state index contributed by atoms with van der Waals surface area (Å²) in [5.41, 5.74) is 6.93. The maximum atomic E-state index is 11.6. The Morgan fingerprint density at radius 2 is 2.44 bits per heavy atom. The van der Waals surface area contributed by atoms with Gasteiger partial charge in [0.25, 0.3) is 0 Å². The summed E-state index contributed by atoms with van der Waals surface area (Å²) in [6, 6.07) is 1.77. The van der Waals surface area contributed by atoms with Crippen molar-refractivity contribution in [2.45, 2.75) is 19.5 Å². The summed E-state index contributed by atoms with van der Waals surface area (Å²) < 4.78 is 6.37. The highest BCUT2D eigenvalue weighted by Gasteiger charge is 2.07. The second-order valence-corrected chi connectivity index (χ2v) is 3.46. The zero-order valence-electron chi connectivity index (χ0n) is 8.67. The van der Waals surface area contributed by atoms with Crippen molar-refractivity contribution >= 4 is 5.78 Å². The van der Waals surface area contributed by atoms with Crippen molar-refractivity contribution in [3.8, 4) is 0 Å². The monoisotopic (exact) mass is 220 g/mol. The van der Waals surface area contributed by atoms with Gasteiger partial charge in [-0.1, -0.05) is 5.21 Å². The zero-order chi connectivity index (χ0) is 11.4. The number of carbonyl (C=O) groups is 1. The van der Waals surface area contributed by atoms with Gasteiger partial charge in [0.1, 0.15) is 6.54 Å². The highest BCUT2D eigenvalue weighted by molar-refractivity contribution is 5.80. The van der Waals surface area contributed by atoms with Crippen molar-refractivity contribution in [2.24, 2.45) is 5.73 Å². The van der Waals surface area contributed by atoms with Gasteiger partial charge in [0.05, 0.1) is 24.4 Å². The molecule has 0 spiro atoms. The van der Waals surface area contributed by atoms with Gasteiger partial charge in [0, 0.05) is 13.0 Å². The van der Waals surface area contributed by atoms with Gasteiger partial charge in [-0.15, -0.1) is 5.10 Å². The Morgan fingerprint density at radius 1 is 1.56 bits per heavy atom. The van der Waals surface area contributed by atoms with Gasteiger partial charge in [0.2, 0.25) is 0 Å². The molecule has 0 amide bonds. The van der Waals surface area contributed by atoms with Crippen LogP contribution in [0, 0.1) is 0 Å². The lowest BCUT2D eigenvalue weighted by Gasteiger charge is -1.97. The predicted octanol–water partition coefficient (Wildman–Crippen LogP) is 0.142. The molecule has 84 valence electrons. The molecule has 0 aliphatic rings. The van der Waals surface area contributed by atoms with Gasteiger partial charge in [-0.25, -0.2) is 4.68 Å². The molecule has 0 saturated heterocycles. The van der Waals surface area contributed by atoms with E-state index in [0.717, 1.165) is 5.56 Å². The normalized spacial score (nSPS) is 10.6. The number of furan rings is 1. The Hall–Kier alpha value is -1.95. The Kier molecular flexibility index (Phi) is 3.11. The van der Waals surface area contributed by atoms with E-state index < -0.39 is 0 Å². The molecule has 2 N–H and O–H groups in total. The van der Waals surface area contributed by atoms with Crippen LogP contribution in [0.15, 0.2) is 29.2 Å². The molecular weight excluding hydrogens is 208 g/mol. The number of ketones is 1. The third-order valence-electron chi connectivity index (χ3n) is 2.11. The molecule has 0 aliphatic carbocycles. The summed E-state index contributed by atoms with van der Waals surface area (Å²) in [6.07, 6.45) is 5.12. The van der Waals surface area contributed by atoms with E-state index in [4.69, 9.17) is 10.2 Å². The topological polar surface area (TPSA) is 86.9 Å². The number of nitrogens with two attached hydrogens (primary N) is 1. The van der Waals surface area contributed by atoms with Crippen molar-refractivity contribution in [3.63, 3.8) is 0 Å². The fourth-order valence-electron chi connectivity index (χ4n) is 1.37. The van der Waals surface area contributed by atoms with Crippen LogP contribution in [-0.2, 0) is 24.3 Å². The molecule has 0 atom stereocenters. The van der Waals surface area contributed by atoms with Crippen LogP contribution in [0.1, 0.15) is 11.3 Å². The first kappa shape index (κ1) is 10.6. The molecule has 0 fully saturated rings. The van der Waals surface area contributed by atoms with Gasteiger partial charge >= 0.3 is 0 Å². The zero-order valence-corrected chi connectivity index (χ0v) is 8.67. The molecule has 6 nitrogen and oxygen atoms in total. The lowest BCUT2D eigenvalue weighted by atomic mass is 10.2. The molecule has 0 bridgehead atoms. The summed E-state index contributed by atoms with van der Waals surface area (Å²) in [4.78, 5) is 11.6. The van der Waals surface area contributed by atoms with Crippen LogP contribution in [0.2, 0.25) is 0 Å². The Balaban J connectivity index is 1.92. The van der Waals surface area contributed by atoms with Crippen LogP contribution >= 0.6 is 0 Å². The first-order valence-corrected chi connectivity index (χ1v) is 4.90. The van der Waals surface area contributed by atoms with Crippen LogP contribution in [0.3, 0.4) is 0 Å². The summed E-state index contributed by atoms with van der Waals surface area (Å²) in [5.74, 6) is 0.0508. The third-order valence-corrected chi connectivity index (χ3v) is 2.11. The van der Waals surface area contributed by atoms with Crippen molar-refractivity contribution < 1.29 is 9.21 Å². The van der Waals surface area contributed by atoms with E-state index in [2.05, 4.69) is 10.3 Å². The highest BCUT2D eigenvalue weighted by Crippen LogP contribution is 2.02. The molecule has 6 heteroatoms. The average molecular weight is 220 g/mol. The van der Waals surface area contributed by atoms with Crippen LogP contribution in [-0.4, -0.2) is 20.8 Å². The van der Waals surface area contributed by atoms with E-state index in [1.54, 1.807) is 24.8 Å². The molecule has 16 heavy (non-hydrogen) atoms. The van der Waals surface area contributed by atoms with E-state index >= 15 is 0 Å². The van der Waals surface area contributed by atoms with Crippen LogP contribution < -0.4 is 5.73 Å². The van der Waals surface area contributed by atoms with Crippen molar-refractivity contribution in [1.82, 2.24) is 15.0 Å². The fraction of sp³-hybridized carbons (Fsp3) is 0.300. The minimum atomic E-state index is 0.0508. The Morgan fingerprint density at radius 3 is 3.06 bits per heavy atom. The standard InChI is InChI=1S/C10H12N4O2/c11-4-9-5-14(13-12-9)6-10(15)3-8-1-2-16-7-8/h1-2,5,7H,3-4,6,11H2. The summed E-state index contributed by atoms with van der Waals surface area (Å²) >= 11 is 0. The molecular formula is C10H12N4O2. The van der Waals surface area contributed by atoms with Gasteiger partial charge in [-0.05, 0) is 11.6 Å². The van der Waals surface area contributed by atoms with Crippen molar-refractivity contribution in [1.29, 1.82) is 0 Å². The van der Waals surface area contributed by atoms with Gasteiger partial charge in [0.15, 0.2) is 5.78 Å². The first-order valence-electron chi connectivity index (χ1n) is 4.90. The van der Waals surface area contributed by atoms with E-state index in [0.29, 0.717) is 18.7 Å². The summed E-state index contributed by atoms with van der Waals surface area (Å²) in [6.45, 7) is 0.536. The van der Waals surface area contributed by atoms with Crippen LogP contribution in [0.25, 0.3) is 0 Å². The molecule has 2 rings (SSSR count). The largest absolute Gasteiger partial charge is 0.472 e. The maximum Gasteiger partial charge on any atom is 0.158 e. The van der Waals surface area contributed by atoms with Gasteiger partial charge < -0.3 is 10.2 Å². The smallest absolute Gasteiger partial charge is 0.158 e. The Labute approximate surface area is 92.0 Å². The SMILES string of the molecule is NCc1cn(CC(=O)Cc2ccoc2)nn1. The predicted molar refractivity (Wildman–Crippen MR) is 55.3 cm³/mol. The lowest BCUT2D eigenvalue weighted by molar-refractivity contribution is -0.119. The minimum absolute atomic E-state index is 0.0508. The molecule has 0 aliphatic heterocycles. The van der Waals surface area contributed by atoms with Gasteiger partial charge in [-0.2, -0.15) is 0 Å². The molecule has 0 saturated carbocycles. The van der Waals surface area contributed by atoms with Crippen molar-refractivity contribution in [3.05, 3.63) is 36.0 Å². The molecule has 2 aromatic rings. The number of hydrogen-bond acceptors (Lipinski definition) is 5. The number of nitrogens with zero attached hydrogens (tertiary/aromatic N) is 3. The summed E-state index contributed by atoms with van der Waals surface area (Å²) in [7, 11) is 0. The average Bonchev–Trinajstić information content (AvgIpc) is 2.89. The third kappa shape index (κ3) is 2.54. The molecule has 0 radical (unpaired) electrons. The van der Waals surface area contributed by atoms with Crippen molar-refractivity contribution in [2.75, 3.05) is 0 Å². The minimum Gasteiger partial charge on any atom is -0.472 e. The molecule has 0 aromatic carbocycles. The number of hydrogen-bond donors (Lipinski definition) is 1. The van der Waals surface area contributed by atoms with E-state index in [1.165, 1.54) is 4.68 Å². The second-order valence-electron chi connectivity index (χ2n) is 3.46. The number of Topliss-reactive ketones (excluding diaryl/α,β-unsaturated/α-hetero) is 1. The van der Waals surface area contributed by atoms with Crippen LogP contribution in [0.4, 0.5) is 0 Å². The number of carbonyl (C=O) groups excluding carboxylic acids is 1. The summed E-state index contributed by atoms with van der Waals surface area (Å²) in [5, 5.41) is 7.60.